The van der Waals surface area contributed by atoms with E-state index in [2.05, 4.69) is 36.1 Å². The summed E-state index contributed by atoms with van der Waals surface area (Å²) < 4.78 is 0. The summed E-state index contributed by atoms with van der Waals surface area (Å²) in [6, 6.07) is 3.62. The number of anilines is 1. The third kappa shape index (κ3) is 5.13. The Morgan fingerprint density at radius 1 is 1.39 bits per heavy atom. The molecule has 0 radical (unpaired) electrons. The Morgan fingerprint density at radius 2 is 2.17 bits per heavy atom. The first kappa shape index (κ1) is 14.4. The van der Waals surface area contributed by atoms with E-state index in [1.165, 1.54) is 25.7 Å². The van der Waals surface area contributed by atoms with Gasteiger partial charge in [-0.25, -0.2) is 9.97 Å². The first-order valence-electron chi connectivity index (χ1n) is 6.54. The second-order valence-electron chi connectivity index (χ2n) is 5.35. The minimum Gasteiger partial charge on any atom is -0.354 e. The molecule has 0 fully saturated rings. The van der Waals surface area contributed by atoms with Crippen molar-refractivity contribution in [3.8, 4) is 6.07 Å². The predicted molar refractivity (Wildman–Crippen MR) is 73.2 cm³/mol. The van der Waals surface area contributed by atoms with Crippen molar-refractivity contribution in [1.82, 2.24) is 9.97 Å². The molecule has 0 saturated carbocycles. The quantitative estimate of drug-likeness (QED) is 0.749. The van der Waals surface area contributed by atoms with Gasteiger partial charge in [0.05, 0.1) is 0 Å². The minimum absolute atomic E-state index is 0.223. The van der Waals surface area contributed by atoms with Crippen molar-refractivity contribution < 1.29 is 0 Å². The third-order valence-electron chi connectivity index (χ3n) is 2.95. The molecule has 0 saturated heterocycles. The Labute approximate surface area is 109 Å². The molecule has 0 spiro atoms. The predicted octanol–water partition coefficient (Wildman–Crippen LogP) is 3.37. The fourth-order valence-corrected chi connectivity index (χ4v) is 1.77. The molecular formula is C14H22N4. The van der Waals surface area contributed by atoms with Gasteiger partial charge in [0.15, 0.2) is 0 Å². The maximum atomic E-state index is 8.77. The van der Waals surface area contributed by atoms with Crippen LogP contribution in [-0.4, -0.2) is 16.5 Å². The topological polar surface area (TPSA) is 61.6 Å². The summed E-state index contributed by atoms with van der Waals surface area (Å²) in [7, 11) is 0. The van der Waals surface area contributed by atoms with Gasteiger partial charge in [0.25, 0.3) is 0 Å². The van der Waals surface area contributed by atoms with Crippen molar-refractivity contribution in [1.29, 1.82) is 5.26 Å². The molecule has 0 aliphatic carbocycles. The van der Waals surface area contributed by atoms with Gasteiger partial charge in [0.1, 0.15) is 11.8 Å². The zero-order chi connectivity index (χ0) is 13.4. The van der Waals surface area contributed by atoms with Gasteiger partial charge in [-0.2, -0.15) is 5.26 Å². The highest BCUT2D eigenvalue weighted by atomic mass is 15.1. The number of hydrogen-bond acceptors (Lipinski definition) is 4. The summed E-state index contributed by atoms with van der Waals surface area (Å²) in [5, 5.41) is 12.0. The van der Waals surface area contributed by atoms with Gasteiger partial charge in [-0.1, -0.05) is 40.0 Å². The molecule has 0 amide bonds. The molecular weight excluding hydrogens is 224 g/mol. The molecule has 0 aromatic carbocycles. The van der Waals surface area contributed by atoms with Crippen LogP contribution in [0.3, 0.4) is 0 Å². The van der Waals surface area contributed by atoms with Gasteiger partial charge in [0.2, 0.25) is 5.95 Å². The van der Waals surface area contributed by atoms with Crippen LogP contribution in [0.5, 0.6) is 0 Å². The van der Waals surface area contributed by atoms with E-state index in [0.29, 0.717) is 11.6 Å². The molecule has 0 unspecified atom stereocenters. The monoisotopic (exact) mass is 246 g/mol. The first-order chi connectivity index (χ1) is 8.57. The largest absolute Gasteiger partial charge is 0.354 e. The van der Waals surface area contributed by atoms with Crippen LogP contribution in [0.15, 0.2) is 12.3 Å². The number of aromatic nitrogens is 2. The lowest BCUT2D eigenvalue weighted by Crippen LogP contribution is -2.24. The highest BCUT2D eigenvalue weighted by molar-refractivity contribution is 5.30. The second kappa shape index (κ2) is 6.95. The fraction of sp³-hybridized carbons (Fsp3) is 0.643. The first-order valence-corrected chi connectivity index (χ1v) is 6.54. The standard InChI is InChI=1S/C14H22N4/c1-4-5-6-8-14(2,3)11-17-13-16-9-7-12(10-15)18-13/h7,9H,4-6,8,11H2,1-3H3,(H,16,17,18). The fourth-order valence-electron chi connectivity index (χ4n) is 1.77. The summed E-state index contributed by atoms with van der Waals surface area (Å²) in [4.78, 5) is 8.22. The van der Waals surface area contributed by atoms with Gasteiger partial charge in [-0.15, -0.1) is 0 Å². The molecule has 98 valence electrons. The molecule has 4 heteroatoms. The third-order valence-corrected chi connectivity index (χ3v) is 2.95. The van der Waals surface area contributed by atoms with Crippen LogP contribution >= 0.6 is 0 Å². The maximum absolute atomic E-state index is 8.77. The van der Waals surface area contributed by atoms with Crippen LogP contribution in [0, 0.1) is 16.7 Å². The summed E-state index contributed by atoms with van der Waals surface area (Å²) in [5.74, 6) is 0.539. The number of unbranched alkanes of at least 4 members (excludes halogenated alkanes) is 2. The van der Waals surface area contributed by atoms with E-state index in [1.807, 2.05) is 6.07 Å². The molecule has 1 rings (SSSR count). The van der Waals surface area contributed by atoms with Crippen LogP contribution in [0.2, 0.25) is 0 Å². The Bertz CT molecular complexity index is 407. The summed E-state index contributed by atoms with van der Waals surface area (Å²) in [5.41, 5.74) is 0.623. The average Bonchev–Trinajstić information content (AvgIpc) is 2.37. The van der Waals surface area contributed by atoms with Crippen molar-refractivity contribution in [2.45, 2.75) is 46.5 Å². The van der Waals surface area contributed by atoms with E-state index in [-0.39, 0.29) is 5.41 Å². The highest BCUT2D eigenvalue weighted by Crippen LogP contribution is 2.23. The van der Waals surface area contributed by atoms with Gasteiger partial charge >= 0.3 is 0 Å². The van der Waals surface area contributed by atoms with E-state index < -0.39 is 0 Å². The van der Waals surface area contributed by atoms with E-state index in [9.17, 15) is 0 Å². The smallest absolute Gasteiger partial charge is 0.223 e. The molecule has 0 bridgehead atoms. The molecule has 18 heavy (non-hydrogen) atoms. The molecule has 1 aromatic heterocycles. The van der Waals surface area contributed by atoms with Crippen molar-refractivity contribution in [3.05, 3.63) is 18.0 Å². The van der Waals surface area contributed by atoms with Crippen molar-refractivity contribution in [2.24, 2.45) is 5.41 Å². The average molecular weight is 246 g/mol. The lowest BCUT2D eigenvalue weighted by atomic mass is 9.87. The van der Waals surface area contributed by atoms with E-state index in [1.54, 1.807) is 12.3 Å². The van der Waals surface area contributed by atoms with Crippen LogP contribution in [0.1, 0.15) is 52.1 Å². The van der Waals surface area contributed by atoms with Crippen LogP contribution < -0.4 is 5.32 Å². The minimum atomic E-state index is 0.223. The second-order valence-corrected chi connectivity index (χ2v) is 5.35. The summed E-state index contributed by atoms with van der Waals surface area (Å²) in [6.07, 6.45) is 6.58. The number of nitriles is 1. The lowest BCUT2D eigenvalue weighted by Gasteiger charge is -2.24. The van der Waals surface area contributed by atoms with Crippen molar-refractivity contribution in [2.75, 3.05) is 11.9 Å². The highest BCUT2D eigenvalue weighted by Gasteiger charge is 2.17. The van der Waals surface area contributed by atoms with Crippen LogP contribution in [0.4, 0.5) is 5.95 Å². The zero-order valence-corrected chi connectivity index (χ0v) is 11.5. The Balaban J connectivity index is 2.45. The SMILES string of the molecule is CCCCCC(C)(C)CNc1nccc(C#N)n1. The van der Waals surface area contributed by atoms with Gasteiger partial charge < -0.3 is 5.32 Å². The van der Waals surface area contributed by atoms with Crippen LogP contribution in [-0.2, 0) is 0 Å². The molecule has 0 aliphatic heterocycles. The van der Waals surface area contributed by atoms with Crippen molar-refractivity contribution >= 4 is 5.95 Å². The van der Waals surface area contributed by atoms with Gasteiger partial charge in [0, 0.05) is 12.7 Å². The maximum Gasteiger partial charge on any atom is 0.223 e. The van der Waals surface area contributed by atoms with Crippen molar-refractivity contribution in [3.63, 3.8) is 0 Å². The van der Waals surface area contributed by atoms with E-state index in [0.717, 1.165) is 6.54 Å². The van der Waals surface area contributed by atoms with Gasteiger partial charge in [-0.3, -0.25) is 0 Å². The zero-order valence-electron chi connectivity index (χ0n) is 11.5. The molecule has 1 heterocycles. The number of nitrogens with zero attached hydrogens (tertiary/aromatic N) is 3. The molecule has 4 nitrogen and oxygen atoms in total. The number of hydrogen-bond donors (Lipinski definition) is 1. The summed E-state index contributed by atoms with van der Waals surface area (Å²) in [6.45, 7) is 7.52. The molecule has 0 aliphatic rings. The molecule has 1 N–H and O–H groups in total. The number of nitrogens with one attached hydrogen (secondary N) is 1. The lowest BCUT2D eigenvalue weighted by molar-refractivity contribution is 0.342. The van der Waals surface area contributed by atoms with Crippen LogP contribution in [0.25, 0.3) is 0 Å². The molecule has 1 aromatic rings. The summed E-state index contributed by atoms with van der Waals surface area (Å²) >= 11 is 0. The Hall–Kier alpha value is -1.63. The van der Waals surface area contributed by atoms with Gasteiger partial charge in [-0.05, 0) is 17.9 Å². The normalized spacial score (nSPS) is 11.0. The van der Waals surface area contributed by atoms with E-state index >= 15 is 0 Å². The van der Waals surface area contributed by atoms with E-state index in [4.69, 9.17) is 5.26 Å². The Kier molecular flexibility index (Phi) is 5.57. The Morgan fingerprint density at radius 3 is 2.83 bits per heavy atom. The number of rotatable bonds is 7. The molecule has 0 atom stereocenters.